The molecule has 0 aliphatic carbocycles. The van der Waals surface area contributed by atoms with E-state index in [1.807, 2.05) is 0 Å². The molecular formula is C13H15FN2O2S. The topological polar surface area (TPSA) is 70.0 Å². The van der Waals surface area contributed by atoms with Gasteiger partial charge in [-0.05, 0) is 18.9 Å². The van der Waals surface area contributed by atoms with Crippen LogP contribution in [0, 0.1) is 17.1 Å². The number of nitriles is 1. The maximum atomic E-state index is 13.7. The second-order valence-electron chi connectivity index (χ2n) is 4.65. The summed E-state index contributed by atoms with van der Waals surface area (Å²) in [5.41, 5.74) is 0.391. The van der Waals surface area contributed by atoms with Gasteiger partial charge in [-0.25, -0.2) is 12.8 Å². The van der Waals surface area contributed by atoms with Gasteiger partial charge in [0.25, 0.3) is 0 Å². The molecule has 102 valence electrons. The highest BCUT2D eigenvalue weighted by atomic mass is 32.2. The van der Waals surface area contributed by atoms with E-state index in [1.165, 1.54) is 6.07 Å². The largest absolute Gasteiger partial charge is 0.311 e. The molecule has 0 radical (unpaired) electrons. The van der Waals surface area contributed by atoms with E-state index in [0.717, 1.165) is 0 Å². The van der Waals surface area contributed by atoms with Crippen molar-refractivity contribution in [2.75, 3.05) is 12.3 Å². The van der Waals surface area contributed by atoms with Gasteiger partial charge in [0, 0.05) is 18.7 Å². The normalized spacial score (nSPS) is 21.2. The molecule has 1 N–H and O–H groups in total. The molecule has 0 amide bonds. The Morgan fingerprint density at radius 2 is 2.26 bits per heavy atom. The third-order valence-electron chi connectivity index (χ3n) is 3.35. The van der Waals surface area contributed by atoms with E-state index in [1.54, 1.807) is 18.2 Å². The van der Waals surface area contributed by atoms with Crippen LogP contribution in [0.2, 0.25) is 0 Å². The molecule has 0 bridgehead atoms. The molecule has 1 heterocycles. The van der Waals surface area contributed by atoms with E-state index < -0.39 is 15.7 Å². The summed E-state index contributed by atoms with van der Waals surface area (Å²) < 4.78 is 37.0. The van der Waals surface area contributed by atoms with Crippen LogP contribution < -0.4 is 5.32 Å². The first-order valence-corrected chi connectivity index (χ1v) is 7.86. The van der Waals surface area contributed by atoms with Crippen LogP contribution >= 0.6 is 0 Å². The van der Waals surface area contributed by atoms with E-state index >= 15 is 0 Å². The summed E-state index contributed by atoms with van der Waals surface area (Å²) in [5.74, 6) is -0.288. The molecule has 1 atom stereocenters. The monoisotopic (exact) mass is 282 g/mol. The Hall–Kier alpha value is -1.45. The molecule has 1 fully saturated rings. The predicted octanol–water partition coefficient (Wildman–Crippen LogP) is 1.36. The first kappa shape index (κ1) is 14.0. The Balaban J connectivity index is 1.95. The lowest BCUT2D eigenvalue weighted by Gasteiger charge is -2.11. The molecule has 4 nitrogen and oxygen atoms in total. The lowest BCUT2D eigenvalue weighted by atomic mass is 10.1. The van der Waals surface area contributed by atoms with Gasteiger partial charge in [0.1, 0.15) is 11.9 Å². The highest BCUT2D eigenvalue weighted by molar-refractivity contribution is 7.92. The minimum absolute atomic E-state index is 0.00721. The average Bonchev–Trinajstić information content (AvgIpc) is 2.71. The lowest BCUT2D eigenvalue weighted by molar-refractivity contribution is 0.561. The minimum atomic E-state index is -2.97. The van der Waals surface area contributed by atoms with Gasteiger partial charge in [0.05, 0.1) is 16.6 Å². The summed E-state index contributed by atoms with van der Waals surface area (Å²) in [4.78, 5) is 0. The summed E-state index contributed by atoms with van der Waals surface area (Å²) in [7, 11) is -2.97. The summed E-state index contributed by atoms with van der Waals surface area (Å²) in [6, 6.07) is 6.40. The van der Waals surface area contributed by atoms with Crippen molar-refractivity contribution >= 4 is 9.84 Å². The van der Waals surface area contributed by atoms with Crippen LogP contribution in [0.15, 0.2) is 18.2 Å². The fraction of sp³-hybridized carbons (Fsp3) is 0.462. The van der Waals surface area contributed by atoms with Crippen LogP contribution in [-0.4, -0.2) is 26.0 Å². The van der Waals surface area contributed by atoms with Gasteiger partial charge < -0.3 is 5.32 Å². The second kappa shape index (κ2) is 5.68. The molecule has 0 saturated carbocycles. The SMILES string of the molecule is N#Cc1cccc(CNCC2CCCS2(=O)=O)c1F. The van der Waals surface area contributed by atoms with E-state index in [2.05, 4.69) is 5.32 Å². The number of hydrogen-bond acceptors (Lipinski definition) is 4. The number of benzene rings is 1. The van der Waals surface area contributed by atoms with Crippen molar-refractivity contribution in [3.8, 4) is 6.07 Å². The third kappa shape index (κ3) is 3.11. The molecule has 19 heavy (non-hydrogen) atoms. The van der Waals surface area contributed by atoms with Crippen molar-refractivity contribution in [1.82, 2.24) is 5.32 Å². The number of sulfone groups is 1. The standard InChI is InChI=1S/C13H15FN2O2S/c14-13-10(7-15)3-1-4-11(13)8-16-9-12-5-2-6-19(12,17)18/h1,3-4,12,16H,2,5-6,8-9H2. The van der Waals surface area contributed by atoms with Gasteiger partial charge >= 0.3 is 0 Å². The van der Waals surface area contributed by atoms with Crippen LogP contribution in [0.5, 0.6) is 0 Å². The van der Waals surface area contributed by atoms with E-state index in [4.69, 9.17) is 5.26 Å². The number of nitrogens with zero attached hydrogens (tertiary/aromatic N) is 1. The fourth-order valence-corrected chi connectivity index (χ4v) is 4.06. The predicted molar refractivity (Wildman–Crippen MR) is 69.6 cm³/mol. The van der Waals surface area contributed by atoms with Gasteiger partial charge in [-0.3, -0.25) is 0 Å². The number of hydrogen-bond donors (Lipinski definition) is 1. The summed E-state index contributed by atoms with van der Waals surface area (Å²) >= 11 is 0. The van der Waals surface area contributed by atoms with Crippen LogP contribution in [0.25, 0.3) is 0 Å². The molecule has 6 heteroatoms. The highest BCUT2D eigenvalue weighted by Gasteiger charge is 2.30. The Bertz CT molecular complexity index is 608. The minimum Gasteiger partial charge on any atom is -0.311 e. The molecular weight excluding hydrogens is 267 g/mol. The van der Waals surface area contributed by atoms with Gasteiger partial charge in [0.2, 0.25) is 0 Å². The lowest BCUT2D eigenvalue weighted by Crippen LogP contribution is -2.30. The molecule has 1 aliphatic rings. The maximum Gasteiger partial charge on any atom is 0.154 e. The first-order valence-electron chi connectivity index (χ1n) is 6.14. The van der Waals surface area contributed by atoms with Crippen LogP contribution in [0.1, 0.15) is 24.0 Å². The number of rotatable bonds is 4. The molecule has 2 rings (SSSR count). The molecule has 1 saturated heterocycles. The molecule has 1 aromatic rings. The van der Waals surface area contributed by atoms with Gasteiger partial charge in [-0.2, -0.15) is 5.26 Å². The molecule has 1 aliphatic heterocycles. The maximum absolute atomic E-state index is 13.7. The van der Waals surface area contributed by atoms with Crippen molar-refractivity contribution in [2.45, 2.75) is 24.6 Å². The smallest absolute Gasteiger partial charge is 0.154 e. The zero-order chi connectivity index (χ0) is 13.9. The van der Waals surface area contributed by atoms with Gasteiger partial charge in [-0.15, -0.1) is 0 Å². The first-order chi connectivity index (χ1) is 9.04. The van der Waals surface area contributed by atoms with Gasteiger partial charge in [-0.1, -0.05) is 12.1 Å². The fourth-order valence-electron chi connectivity index (χ4n) is 2.26. The average molecular weight is 282 g/mol. The van der Waals surface area contributed by atoms with Crippen molar-refractivity contribution in [3.05, 3.63) is 35.1 Å². The van der Waals surface area contributed by atoms with E-state index in [0.29, 0.717) is 24.9 Å². The molecule has 0 spiro atoms. The number of nitrogens with one attached hydrogen (secondary N) is 1. The Labute approximate surface area is 112 Å². The van der Waals surface area contributed by atoms with Crippen molar-refractivity contribution < 1.29 is 12.8 Å². The summed E-state index contributed by atoms with van der Waals surface area (Å²) in [6.45, 7) is 0.561. The summed E-state index contributed by atoms with van der Waals surface area (Å²) in [5, 5.41) is 11.3. The second-order valence-corrected chi connectivity index (χ2v) is 7.05. The molecule has 1 aromatic carbocycles. The van der Waals surface area contributed by atoms with Crippen LogP contribution in [0.3, 0.4) is 0 Å². The molecule has 1 unspecified atom stereocenters. The Morgan fingerprint density at radius 1 is 1.47 bits per heavy atom. The van der Waals surface area contributed by atoms with Crippen molar-refractivity contribution in [3.63, 3.8) is 0 Å². The van der Waals surface area contributed by atoms with Crippen LogP contribution in [-0.2, 0) is 16.4 Å². The number of halogens is 1. The van der Waals surface area contributed by atoms with E-state index in [-0.39, 0.29) is 23.1 Å². The Kier molecular flexibility index (Phi) is 4.17. The van der Waals surface area contributed by atoms with Crippen molar-refractivity contribution in [1.29, 1.82) is 5.26 Å². The highest BCUT2D eigenvalue weighted by Crippen LogP contribution is 2.19. The van der Waals surface area contributed by atoms with Crippen LogP contribution in [0.4, 0.5) is 4.39 Å². The quantitative estimate of drug-likeness (QED) is 0.905. The zero-order valence-electron chi connectivity index (χ0n) is 10.4. The summed E-state index contributed by atoms with van der Waals surface area (Å²) in [6.07, 6.45) is 1.36. The third-order valence-corrected chi connectivity index (χ3v) is 5.63. The molecule has 0 aromatic heterocycles. The van der Waals surface area contributed by atoms with E-state index in [9.17, 15) is 12.8 Å². The van der Waals surface area contributed by atoms with Crippen molar-refractivity contribution in [2.24, 2.45) is 0 Å². The zero-order valence-corrected chi connectivity index (χ0v) is 11.2. The van der Waals surface area contributed by atoms with Gasteiger partial charge in [0.15, 0.2) is 9.84 Å². The Morgan fingerprint density at radius 3 is 2.89 bits per heavy atom.